The Morgan fingerprint density at radius 2 is 1.89 bits per heavy atom. The van der Waals surface area contributed by atoms with Crippen molar-refractivity contribution < 1.29 is 10.2 Å². The molecule has 0 bridgehead atoms. The maximum absolute atomic E-state index is 9.03. The molecule has 6 heteroatoms. The maximum Gasteiger partial charge on any atom is 0.117 e. The number of aliphatic hydroxyl groups is 2. The minimum absolute atomic E-state index is 0.0772. The van der Waals surface area contributed by atoms with Crippen LogP contribution in [0.3, 0.4) is 0 Å². The largest absolute Gasteiger partial charge is 0.395 e. The van der Waals surface area contributed by atoms with Gasteiger partial charge in [0.05, 0.1) is 13.2 Å². The molecule has 0 fully saturated rings. The molecule has 0 aliphatic rings. The highest BCUT2D eigenvalue weighted by Gasteiger charge is 2.12. The fourth-order valence-corrected chi connectivity index (χ4v) is 2.04. The molecule has 2 rings (SSSR count). The monoisotopic (exact) mass is 250 g/mol. The van der Waals surface area contributed by atoms with Gasteiger partial charge in [-0.1, -0.05) is 6.07 Å². The van der Waals surface area contributed by atoms with Crippen molar-refractivity contribution in [3.63, 3.8) is 0 Å². The average molecular weight is 250 g/mol. The van der Waals surface area contributed by atoms with Gasteiger partial charge in [0, 0.05) is 19.6 Å². The molecule has 2 aromatic rings. The Kier molecular flexibility index (Phi) is 4.24. The van der Waals surface area contributed by atoms with E-state index in [0.717, 1.165) is 22.2 Å². The predicted molar refractivity (Wildman–Crippen MR) is 68.1 cm³/mol. The minimum Gasteiger partial charge on any atom is -0.395 e. The Balaban J connectivity index is 2.28. The Bertz CT molecular complexity index is 506. The molecule has 0 saturated heterocycles. The van der Waals surface area contributed by atoms with E-state index in [0.29, 0.717) is 19.6 Å². The standard InChI is InChI=1S/C12H18N4O2/c1-9-2-3-11-12(14-15-13-11)10(9)8-16(4-6-17)5-7-18/h2-3,17-18H,4-8H2,1H3,(H,13,14,15). The zero-order chi connectivity index (χ0) is 13.0. The first-order chi connectivity index (χ1) is 8.76. The highest BCUT2D eigenvalue weighted by atomic mass is 16.3. The third-order valence-corrected chi connectivity index (χ3v) is 3.04. The number of fused-ring (bicyclic) bond motifs is 1. The molecule has 0 saturated carbocycles. The molecule has 0 spiro atoms. The van der Waals surface area contributed by atoms with Crippen molar-refractivity contribution >= 4 is 11.0 Å². The number of aliphatic hydroxyl groups excluding tert-OH is 2. The molecule has 1 aromatic heterocycles. The molecule has 0 amide bonds. The summed E-state index contributed by atoms with van der Waals surface area (Å²) in [6.45, 7) is 3.90. The van der Waals surface area contributed by atoms with Crippen LogP contribution in [0.4, 0.5) is 0 Å². The predicted octanol–water partition coefficient (Wildman–Crippen LogP) is 0.0529. The van der Waals surface area contributed by atoms with Gasteiger partial charge < -0.3 is 10.2 Å². The molecule has 6 nitrogen and oxygen atoms in total. The smallest absolute Gasteiger partial charge is 0.117 e. The van der Waals surface area contributed by atoms with Crippen LogP contribution in [0.25, 0.3) is 11.0 Å². The van der Waals surface area contributed by atoms with Crippen LogP contribution in [0.2, 0.25) is 0 Å². The number of hydrogen-bond donors (Lipinski definition) is 3. The summed E-state index contributed by atoms with van der Waals surface area (Å²) >= 11 is 0. The van der Waals surface area contributed by atoms with Gasteiger partial charge in [-0.05, 0) is 24.1 Å². The normalized spacial score (nSPS) is 11.6. The summed E-state index contributed by atoms with van der Waals surface area (Å²) in [5.74, 6) is 0. The summed E-state index contributed by atoms with van der Waals surface area (Å²) in [6.07, 6.45) is 0. The number of rotatable bonds is 6. The number of benzene rings is 1. The van der Waals surface area contributed by atoms with Gasteiger partial charge in [0.2, 0.25) is 0 Å². The SMILES string of the molecule is Cc1ccc2n[nH]nc2c1CN(CCO)CCO. The second-order valence-corrected chi connectivity index (χ2v) is 4.28. The highest BCUT2D eigenvalue weighted by molar-refractivity contribution is 5.78. The zero-order valence-electron chi connectivity index (χ0n) is 10.4. The molecule has 0 aliphatic carbocycles. The Hall–Kier alpha value is -1.50. The fraction of sp³-hybridized carbons (Fsp3) is 0.500. The third kappa shape index (κ3) is 2.66. The van der Waals surface area contributed by atoms with Crippen molar-refractivity contribution in [1.82, 2.24) is 20.3 Å². The van der Waals surface area contributed by atoms with Crippen molar-refractivity contribution in [2.24, 2.45) is 0 Å². The van der Waals surface area contributed by atoms with Gasteiger partial charge in [0.15, 0.2) is 0 Å². The van der Waals surface area contributed by atoms with E-state index in [1.165, 1.54) is 0 Å². The number of aromatic amines is 1. The van der Waals surface area contributed by atoms with E-state index >= 15 is 0 Å². The lowest BCUT2D eigenvalue weighted by Crippen LogP contribution is -2.29. The van der Waals surface area contributed by atoms with Crippen LogP contribution in [0.5, 0.6) is 0 Å². The van der Waals surface area contributed by atoms with E-state index in [-0.39, 0.29) is 13.2 Å². The topological polar surface area (TPSA) is 85.3 Å². The molecule has 0 radical (unpaired) electrons. The van der Waals surface area contributed by atoms with Gasteiger partial charge in [0.25, 0.3) is 0 Å². The van der Waals surface area contributed by atoms with Crippen LogP contribution in [-0.2, 0) is 6.54 Å². The number of nitrogens with one attached hydrogen (secondary N) is 1. The van der Waals surface area contributed by atoms with E-state index in [1.807, 2.05) is 24.0 Å². The summed E-state index contributed by atoms with van der Waals surface area (Å²) in [5, 5.41) is 28.9. The number of aryl methyl sites for hydroxylation is 1. The average Bonchev–Trinajstić information content (AvgIpc) is 2.82. The quantitative estimate of drug-likeness (QED) is 0.674. The van der Waals surface area contributed by atoms with Crippen molar-refractivity contribution in [2.75, 3.05) is 26.3 Å². The summed E-state index contributed by atoms with van der Waals surface area (Å²) in [4.78, 5) is 2.00. The zero-order valence-corrected chi connectivity index (χ0v) is 10.4. The van der Waals surface area contributed by atoms with Crippen LogP contribution in [0.15, 0.2) is 12.1 Å². The molecule has 0 atom stereocenters. The Morgan fingerprint density at radius 1 is 1.17 bits per heavy atom. The van der Waals surface area contributed by atoms with Crippen molar-refractivity contribution in [1.29, 1.82) is 0 Å². The summed E-state index contributed by atoms with van der Waals surface area (Å²) in [6, 6.07) is 3.94. The van der Waals surface area contributed by atoms with Crippen LogP contribution in [-0.4, -0.2) is 56.8 Å². The van der Waals surface area contributed by atoms with Gasteiger partial charge in [-0.3, -0.25) is 4.90 Å². The second-order valence-electron chi connectivity index (χ2n) is 4.28. The molecule has 1 aromatic carbocycles. The second kappa shape index (κ2) is 5.90. The van der Waals surface area contributed by atoms with Crippen LogP contribution >= 0.6 is 0 Å². The van der Waals surface area contributed by atoms with Gasteiger partial charge in [-0.25, -0.2) is 0 Å². The molecule has 18 heavy (non-hydrogen) atoms. The molecular formula is C12H18N4O2. The summed E-state index contributed by atoms with van der Waals surface area (Å²) in [5.41, 5.74) is 3.92. The fourth-order valence-electron chi connectivity index (χ4n) is 2.04. The van der Waals surface area contributed by atoms with E-state index in [2.05, 4.69) is 15.4 Å². The highest BCUT2D eigenvalue weighted by Crippen LogP contribution is 2.19. The first kappa shape index (κ1) is 12.9. The minimum atomic E-state index is 0.0772. The molecular weight excluding hydrogens is 232 g/mol. The van der Waals surface area contributed by atoms with Crippen LogP contribution in [0, 0.1) is 6.92 Å². The molecule has 1 heterocycles. The maximum atomic E-state index is 9.03. The molecule has 0 unspecified atom stereocenters. The van der Waals surface area contributed by atoms with Crippen molar-refractivity contribution in [3.05, 3.63) is 23.3 Å². The van der Waals surface area contributed by atoms with E-state index in [4.69, 9.17) is 10.2 Å². The number of H-pyrrole nitrogens is 1. The summed E-state index contributed by atoms with van der Waals surface area (Å²) < 4.78 is 0. The lowest BCUT2D eigenvalue weighted by molar-refractivity contribution is 0.156. The lowest BCUT2D eigenvalue weighted by Gasteiger charge is -2.21. The first-order valence-corrected chi connectivity index (χ1v) is 5.99. The van der Waals surface area contributed by atoms with Gasteiger partial charge in [-0.15, -0.1) is 0 Å². The molecule has 98 valence electrons. The van der Waals surface area contributed by atoms with Crippen LogP contribution in [0.1, 0.15) is 11.1 Å². The van der Waals surface area contributed by atoms with Crippen LogP contribution < -0.4 is 0 Å². The van der Waals surface area contributed by atoms with Gasteiger partial charge >= 0.3 is 0 Å². The lowest BCUT2D eigenvalue weighted by atomic mass is 10.1. The third-order valence-electron chi connectivity index (χ3n) is 3.04. The summed E-state index contributed by atoms with van der Waals surface area (Å²) in [7, 11) is 0. The number of nitrogens with zero attached hydrogens (tertiary/aromatic N) is 3. The van der Waals surface area contributed by atoms with Crippen molar-refractivity contribution in [3.8, 4) is 0 Å². The Labute approximate surface area is 105 Å². The van der Waals surface area contributed by atoms with Gasteiger partial charge in [-0.2, -0.15) is 15.4 Å². The molecule has 3 N–H and O–H groups in total. The molecule has 0 aliphatic heterocycles. The van der Waals surface area contributed by atoms with Gasteiger partial charge in [0.1, 0.15) is 11.0 Å². The first-order valence-electron chi connectivity index (χ1n) is 5.99. The van der Waals surface area contributed by atoms with E-state index in [1.54, 1.807) is 0 Å². The van der Waals surface area contributed by atoms with E-state index < -0.39 is 0 Å². The van der Waals surface area contributed by atoms with E-state index in [9.17, 15) is 0 Å². The van der Waals surface area contributed by atoms with Crippen molar-refractivity contribution in [2.45, 2.75) is 13.5 Å². The number of hydrogen-bond acceptors (Lipinski definition) is 5. The Morgan fingerprint density at radius 3 is 2.56 bits per heavy atom. The number of aromatic nitrogens is 3.